The Labute approximate surface area is 167 Å². The smallest absolute Gasteiger partial charge is 0.0367 e. The maximum Gasteiger partial charge on any atom is 0.0367 e. The minimum Gasteiger partial charge on any atom is -0.369 e. The lowest BCUT2D eigenvalue weighted by atomic mass is 9.80. The van der Waals surface area contributed by atoms with Gasteiger partial charge in [-0.2, -0.15) is 0 Å². The molecule has 1 heterocycles. The van der Waals surface area contributed by atoms with Crippen molar-refractivity contribution in [3.05, 3.63) is 29.8 Å². The molecule has 2 heteroatoms. The fourth-order valence-electron chi connectivity index (χ4n) is 5.65. The molecule has 1 aromatic rings. The van der Waals surface area contributed by atoms with Gasteiger partial charge in [0.25, 0.3) is 0 Å². The molecule has 1 aromatic carbocycles. The fourth-order valence-corrected chi connectivity index (χ4v) is 5.65. The van der Waals surface area contributed by atoms with Crippen LogP contribution in [0.3, 0.4) is 0 Å². The first-order chi connectivity index (χ1) is 13.3. The number of aryl methyl sites for hydroxylation is 1. The lowest BCUT2D eigenvalue weighted by Crippen LogP contribution is -2.50. The quantitative estimate of drug-likeness (QED) is 0.638. The molecule has 1 saturated heterocycles. The molecular formula is C25H40N2. The molecule has 2 saturated carbocycles. The van der Waals surface area contributed by atoms with Crippen LogP contribution >= 0.6 is 0 Å². The van der Waals surface area contributed by atoms with Crippen molar-refractivity contribution in [3.63, 3.8) is 0 Å². The summed E-state index contributed by atoms with van der Waals surface area (Å²) in [4.78, 5) is 5.38. The summed E-state index contributed by atoms with van der Waals surface area (Å²) in [5.74, 6) is 1.95. The van der Waals surface area contributed by atoms with E-state index in [2.05, 4.69) is 41.0 Å². The minimum absolute atomic E-state index is 0.881. The van der Waals surface area contributed by atoms with E-state index in [0.717, 1.165) is 17.9 Å². The third-order valence-electron chi connectivity index (χ3n) is 7.68. The highest BCUT2D eigenvalue weighted by Crippen LogP contribution is 2.31. The van der Waals surface area contributed by atoms with E-state index in [9.17, 15) is 0 Å². The Balaban J connectivity index is 1.22. The van der Waals surface area contributed by atoms with Gasteiger partial charge in [0.05, 0.1) is 0 Å². The fraction of sp³-hybridized carbons (Fsp3) is 0.760. The molecule has 3 aliphatic rings. The molecule has 0 spiro atoms. The molecule has 0 atom stereocenters. The molecule has 4 rings (SSSR count). The van der Waals surface area contributed by atoms with Crippen LogP contribution in [0.1, 0.15) is 76.7 Å². The van der Waals surface area contributed by atoms with E-state index < -0.39 is 0 Å². The second kappa shape index (κ2) is 9.45. The normalized spacial score (nSPS) is 28.4. The van der Waals surface area contributed by atoms with E-state index in [0.29, 0.717) is 0 Å². The number of anilines is 1. The van der Waals surface area contributed by atoms with Crippen molar-refractivity contribution in [2.24, 2.45) is 11.8 Å². The Morgan fingerprint density at radius 1 is 0.778 bits per heavy atom. The third-order valence-corrected chi connectivity index (χ3v) is 7.68. The standard InChI is InChI=1S/C25H40N2/c1-21-7-9-22(10-8-21)11-12-23-13-15-25(16-14-23)27-19-17-26(18-20-27)24-5-3-2-4-6-24/h13-16,21-22,24H,2-12,17-20H2,1H3. The molecule has 0 radical (unpaired) electrons. The Bertz CT molecular complexity index is 544. The summed E-state index contributed by atoms with van der Waals surface area (Å²) in [6.45, 7) is 7.34. The van der Waals surface area contributed by atoms with E-state index >= 15 is 0 Å². The second-order valence-electron chi connectivity index (χ2n) is 9.65. The van der Waals surface area contributed by atoms with Gasteiger partial charge in [-0.15, -0.1) is 0 Å². The molecule has 27 heavy (non-hydrogen) atoms. The lowest BCUT2D eigenvalue weighted by molar-refractivity contribution is 0.148. The number of nitrogens with zero attached hydrogens (tertiary/aromatic N) is 2. The third kappa shape index (κ3) is 5.28. The van der Waals surface area contributed by atoms with Crippen molar-refractivity contribution < 1.29 is 0 Å². The summed E-state index contributed by atoms with van der Waals surface area (Å²) < 4.78 is 0. The van der Waals surface area contributed by atoms with E-state index in [-0.39, 0.29) is 0 Å². The van der Waals surface area contributed by atoms with Crippen molar-refractivity contribution in [1.82, 2.24) is 4.90 Å². The van der Waals surface area contributed by atoms with Crippen molar-refractivity contribution in [2.45, 2.75) is 83.6 Å². The van der Waals surface area contributed by atoms with E-state index in [1.165, 1.54) is 102 Å². The zero-order chi connectivity index (χ0) is 18.5. The number of benzene rings is 1. The highest BCUT2D eigenvalue weighted by molar-refractivity contribution is 5.48. The predicted molar refractivity (Wildman–Crippen MR) is 117 cm³/mol. The van der Waals surface area contributed by atoms with Crippen LogP contribution in [-0.4, -0.2) is 37.1 Å². The number of hydrogen-bond acceptors (Lipinski definition) is 2. The highest BCUT2D eigenvalue weighted by Gasteiger charge is 2.25. The van der Waals surface area contributed by atoms with Crippen LogP contribution < -0.4 is 4.90 Å². The first-order valence-electron chi connectivity index (χ1n) is 11.9. The largest absolute Gasteiger partial charge is 0.369 e. The van der Waals surface area contributed by atoms with Gasteiger partial charge >= 0.3 is 0 Å². The summed E-state index contributed by atoms with van der Waals surface area (Å²) in [5, 5.41) is 0. The van der Waals surface area contributed by atoms with Crippen LogP contribution in [0.15, 0.2) is 24.3 Å². The monoisotopic (exact) mass is 368 g/mol. The lowest BCUT2D eigenvalue weighted by Gasteiger charge is -2.41. The summed E-state index contributed by atoms with van der Waals surface area (Å²) in [5.41, 5.74) is 2.98. The van der Waals surface area contributed by atoms with Gasteiger partial charge in [-0.3, -0.25) is 4.90 Å². The first kappa shape index (κ1) is 19.3. The summed E-state index contributed by atoms with van der Waals surface area (Å²) in [7, 11) is 0. The van der Waals surface area contributed by atoms with Crippen LogP contribution in [0.25, 0.3) is 0 Å². The van der Waals surface area contributed by atoms with E-state index in [1.54, 1.807) is 5.56 Å². The molecule has 0 aromatic heterocycles. The molecule has 1 aliphatic heterocycles. The van der Waals surface area contributed by atoms with Crippen LogP contribution in [0, 0.1) is 11.8 Å². The maximum atomic E-state index is 2.77. The maximum absolute atomic E-state index is 2.77. The van der Waals surface area contributed by atoms with Gasteiger partial charge in [-0.05, 0) is 55.2 Å². The van der Waals surface area contributed by atoms with Crippen LogP contribution in [0.5, 0.6) is 0 Å². The van der Waals surface area contributed by atoms with Gasteiger partial charge in [-0.25, -0.2) is 0 Å². The molecule has 0 unspecified atom stereocenters. The number of rotatable bonds is 5. The van der Waals surface area contributed by atoms with Crippen molar-refractivity contribution in [2.75, 3.05) is 31.1 Å². The average molecular weight is 369 g/mol. The zero-order valence-corrected chi connectivity index (χ0v) is 17.5. The molecule has 0 amide bonds. The van der Waals surface area contributed by atoms with Gasteiger partial charge in [0.15, 0.2) is 0 Å². The molecule has 2 aliphatic carbocycles. The Morgan fingerprint density at radius 3 is 2.11 bits per heavy atom. The molecular weight excluding hydrogens is 328 g/mol. The van der Waals surface area contributed by atoms with Crippen LogP contribution in [-0.2, 0) is 6.42 Å². The average Bonchev–Trinajstić information content (AvgIpc) is 2.75. The Hall–Kier alpha value is -1.02. The molecule has 150 valence electrons. The Kier molecular flexibility index (Phi) is 6.76. The summed E-state index contributed by atoms with van der Waals surface area (Å²) in [6.07, 6.45) is 15.7. The molecule has 0 N–H and O–H groups in total. The number of hydrogen-bond donors (Lipinski definition) is 0. The number of piperazine rings is 1. The van der Waals surface area contributed by atoms with Gasteiger partial charge in [0.1, 0.15) is 0 Å². The van der Waals surface area contributed by atoms with Crippen molar-refractivity contribution in [1.29, 1.82) is 0 Å². The van der Waals surface area contributed by atoms with Crippen LogP contribution in [0.2, 0.25) is 0 Å². The van der Waals surface area contributed by atoms with E-state index in [1.807, 2.05) is 0 Å². The van der Waals surface area contributed by atoms with Crippen molar-refractivity contribution >= 4 is 5.69 Å². The van der Waals surface area contributed by atoms with E-state index in [4.69, 9.17) is 0 Å². The first-order valence-corrected chi connectivity index (χ1v) is 11.9. The van der Waals surface area contributed by atoms with Gasteiger partial charge in [-0.1, -0.05) is 64.0 Å². The van der Waals surface area contributed by atoms with Gasteiger partial charge < -0.3 is 4.90 Å². The predicted octanol–water partition coefficient (Wildman–Crippen LogP) is 5.90. The van der Waals surface area contributed by atoms with Crippen molar-refractivity contribution in [3.8, 4) is 0 Å². The highest BCUT2D eigenvalue weighted by atomic mass is 15.3. The summed E-state index contributed by atoms with van der Waals surface area (Å²) in [6, 6.07) is 10.4. The molecule has 2 nitrogen and oxygen atoms in total. The van der Waals surface area contributed by atoms with Gasteiger partial charge in [0.2, 0.25) is 0 Å². The topological polar surface area (TPSA) is 6.48 Å². The Morgan fingerprint density at radius 2 is 1.44 bits per heavy atom. The minimum atomic E-state index is 0.881. The molecule has 0 bridgehead atoms. The SMILES string of the molecule is CC1CCC(CCc2ccc(N3CCN(C4CCCCC4)CC3)cc2)CC1. The summed E-state index contributed by atoms with van der Waals surface area (Å²) >= 11 is 0. The second-order valence-corrected chi connectivity index (χ2v) is 9.65. The zero-order valence-electron chi connectivity index (χ0n) is 17.5. The van der Waals surface area contributed by atoms with Gasteiger partial charge in [0, 0.05) is 37.9 Å². The molecule has 3 fully saturated rings. The van der Waals surface area contributed by atoms with Crippen LogP contribution in [0.4, 0.5) is 5.69 Å².